The summed E-state index contributed by atoms with van der Waals surface area (Å²) in [5.74, 6) is -0.171. The Balaban J connectivity index is 4.29. The molecule has 0 unspecified atom stereocenters. The highest BCUT2D eigenvalue weighted by molar-refractivity contribution is 6.77. The molecule has 0 fully saturated rings. The van der Waals surface area contributed by atoms with Gasteiger partial charge < -0.3 is 9.84 Å². The number of hydrogen-bond donors (Lipinski definition) is 1. The highest BCUT2D eigenvalue weighted by Gasteiger charge is 2.32. The zero-order valence-electron chi connectivity index (χ0n) is 11.5. The predicted octanol–water partition coefficient (Wildman–Crippen LogP) is 2.59. The third kappa shape index (κ3) is 6.28. The molecule has 96 valence electrons. The topological polar surface area (TPSA) is 46.5 Å². The van der Waals surface area contributed by atoms with Crippen molar-refractivity contribution in [1.29, 1.82) is 0 Å². The molecule has 0 heterocycles. The zero-order chi connectivity index (χ0) is 13.0. The maximum absolute atomic E-state index is 11.4. The summed E-state index contributed by atoms with van der Waals surface area (Å²) in [6.45, 7) is 12.7. The van der Waals surface area contributed by atoms with Gasteiger partial charge in [-0.05, 0) is 18.8 Å². The summed E-state index contributed by atoms with van der Waals surface area (Å²) in [5, 5.41) is 10.1. The number of ether oxygens (including phenoxy) is 1. The van der Waals surface area contributed by atoms with Crippen LogP contribution in [0.25, 0.3) is 0 Å². The quantitative estimate of drug-likeness (QED) is 0.579. The van der Waals surface area contributed by atoms with E-state index in [4.69, 9.17) is 4.74 Å². The van der Waals surface area contributed by atoms with Crippen molar-refractivity contribution < 1.29 is 14.6 Å². The van der Waals surface area contributed by atoms with Crippen LogP contribution in [-0.4, -0.2) is 31.5 Å². The van der Waals surface area contributed by atoms with Gasteiger partial charge in [-0.1, -0.05) is 33.5 Å². The van der Waals surface area contributed by atoms with E-state index in [2.05, 4.69) is 19.6 Å². The van der Waals surface area contributed by atoms with E-state index in [9.17, 15) is 9.90 Å². The maximum atomic E-state index is 11.4. The van der Waals surface area contributed by atoms with Crippen molar-refractivity contribution in [1.82, 2.24) is 0 Å². The Morgan fingerprint density at radius 2 is 1.88 bits per heavy atom. The molecule has 0 aliphatic heterocycles. The molecule has 0 aromatic heterocycles. The molecule has 1 N–H and O–H groups in total. The fraction of sp³-hybridized carbons (Fsp3) is 0.917. The van der Waals surface area contributed by atoms with Crippen molar-refractivity contribution in [2.45, 2.75) is 59.0 Å². The molecule has 0 amide bonds. The molecule has 0 saturated carbocycles. The molecule has 3 nitrogen and oxygen atoms in total. The van der Waals surface area contributed by atoms with Crippen LogP contribution in [-0.2, 0) is 9.53 Å². The molecule has 0 aliphatic carbocycles. The van der Waals surface area contributed by atoms with Gasteiger partial charge in [0.05, 0.1) is 21.1 Å². The van der Waals surface area contributed by atoms with Crippen molar-refractivity contribution in [2.24, 2.45) is 5.41 Å². The smallest absolute Gasteiger partial charge is 0.306 e. The van der Waals surface area contributed by atoms with Crippen LogP contribution in [0.15, 0.2) is 0 Å². The third-order valence-corrected chi connectivity index (χ3v) is 4.88. The first kappa shape index (κ1) is 15.6. The van der Waals surface area contributed by atoms with Crippen LogP contribution in [0.4, 0.5) is 0 Å². The number of hydrogen-bond acceptors (Lipinski definition) is 3. The van der Waals surface area contributed by atoms with Gasteiger partial charge >= 0.3 is 5.97 Å². The summed E-state index contributed by atoms with van der Waals surface area (Å²) in [5.41, 5.74) is -0.455. The second-order valence-corrected chi connectivity index (χ2v) is 11.6. The molecule has 0 aromatic rings. The van der Waals surface area contributed by atoms with Gasteiger partial charge in [0.2, 0.25) is 0 Å². The van der Waals surface area contributed by atoms with E-state index in [0.29, 0.717) is 19.4 Å². The van der Waals surface area contributed by atoms with Crippen LogP contribution < -0.4 is 0 Å². The molecule has 16 heavy (non-hydrogen) atoms. The minimum atomic E-state index is -1.54. The minimum Gasteiger partial charge on any atom is -0.466 e. The average Bonchev–Trinajstić information content (AvgIpc) is 1.99. The lowest BCUT2D eigenvalue weighted by Gasteiger charge is -2.32. The van der Waals surface area contributed by atoms with Crippen LogP contribution in [0.1, 0.15) is 33.6 Å². The Hall–Kier alpha value is -0.353. The third-order valence-electron chi connectivity index (χ3n) is 2.67. The molecule has 0 rings (SSSR count). The monoisotopic (exact) mass is 246 g/mol. The molecule has 4 heteroatoms. The molecule has 0 spiro atoms. The number of aliphatic hydroxyl groups is 1. The normalized spacial score (nSPS) is 14.7. The lowest BCUT2D eigenvalue weighted by molar-refractivity contribution is -0.145. The van der Waals surface area contributed by atoms with E-state index in [1.54, 1.807) is 0 Å². The fourth-order valence-corrected chi connectivity index (χ4v) is 2.67. The molecule has 0 saturated heterocycles. The van der Waals surface area contributed by atoms with E-state index in [1.165, 1.54) is 0 Å². The van der Waals surface area contributed by atoms with Crippen molar-refractivity contribution in [3.05, 3.63) is 0 Å². The second kappa shape index (κ2) is 5.82. The maximum Gasteiger partial charge on any atom is 0.306 e. The molecular weight excluding hydrogens is 220 g/mol. The summed E-state index contributed by atoms with van der Waals surface area (Å²) < 4.78 is 4.94. The lowest BCUT2D eigenvalue weighted by Crippen LogP contribution is -2.41. The van der Waals surface area contributed by atoms with Crippen LogP contribution in [0.2, 0.25) is 19.6 Å². The molecule has 0 aromatic carbocycles. The molecule has 0 bridgehead atoms. The number of carbonyl (C=O) groups excluding carboxylic acids is 1. The van der Waals surface area contributed by atoms with Gasteiger partial charge in [-0.2, -0.15) is 0 Å². The Labute approximate surface area is 100 Å². The van der Waals surface area contributed by atoms with E-state index in [0.717, 1.165) is 0 Å². The first-order chi connectivity index (χ1) is 7.08. The highest BCUT2D eigenvalue weighted by atomic mass is 28.3. The van der Waals surface area contributed by atoms with Gasteiger partial charge in [-0.3, -0.25) is 4.79 Å². The number of carbonyl (C=O) groups is 1. The Kier molecular flexibility index (Phi) is 5.69. The van der Waals surface area contributed by atoms with Crippen LogP contribution in [0, 0.1) is 5.41 Å². The van der Waals surface area contributed by atoms with Gasteiger partial charge in [-0.25, -0.2) is 0 Å². The summed E-state index contributed by atoms with van der Waals surface area (Å²) in [6, 6.07) is 0. The number of esters is 1. The predicted molar refractivity (Wildman–Crippen MR) is 69.0 cm³/mol. The number of aliphatic hydroxyl groups excluding tert-OH is 1. The SMILES string of the molecule is CCOC(=O)CC(C)(C)C[C@H](O)[Si](C)(C)C. The minimum absolute atomic E-state index is 0.171. The van der Waals surface area contributed by atoms with Gasteiger partial charge in [0.15, 0.2) is 0 Å². The van der Waals surface area contributed by atoms with E-state index in [1.807, 2.05) is 20.8 Å². The fourth-order valence-electron chi connectivity index (χ4n) is 1.50. The van der Waals surface area contributed by atoms with Crippen LogP contribution in [0.5, 0.6) is 0 Å². The molecule has 1 atom stereocenters. The van der Waals surface area contributed by atoms with Crippen LogP contribution in [0.3, 0.4) is 0 Å². The van der Waals surface area contributed by atoms with Gasteiger partial charge in [0, 0.05) is 5.73 Å². The summed E-state index contributed by atoms with van der Waals surface area (Å²) >= 11 is 0. The second-order valence-electron chi connectivity index (χ2n) is 6.23. The molecule has 0 aliphatic rings. The van der Waals surface area contributed by atoms with Crippen molar-refractivity contribution in [2.75, 3.05) is 6.61 Å². The van der Waals surface area contributed by atoms with Gasteiger partial charge in [0.1, 0.15) is 0 Å². The van der Waals surface area contributed by atoms with E-state index in [-0.39, 0.29) is 17.1 Å². The number of rotatable bonds is 6. The molecule has 0 radical (unpaired) electrons. The highest BCUT2D eigenvalue weighted by Crippen LogP contribution is 2.30. The average molecular weight is 246 g/mol. The first-order valence-electron chi connectivity index (χ1n) is 5.92. The van der Waals surface area contributed by atoms with E-state index >= 15 is 0 Å². The van der Waals surface area contributed by atoms with Gasteiger partial charge in [-0.15, -0.1) is 0 Å². The summed E-state index contributed by atoms with van der Waals surface area (Å²) in [6.07, 6.45) is 1.05. The summed E-state index contributed by atoms with van der Waals surface area (Å²) in [4.78, 5) is 11.4. The van der Waals surface area contributed by atoms with E-state index < -0.39 is 8.07 Å². The first-order valence-corrected chi connectivity index (χ1v) is 9.50. The van der Waals surface area contributed by atoms with Crippen molar-refractivity contribution in [3.8, 4) is 0 Å². The van der Waals surface area contributed by atoms with Crippen molar-refractivity contribution in [3.63, 3.8) is 0 Å². The summed E-state index contributed by atoms with van der Waals surface area (Å²) in [7, 11) is -1.54. The lowest BCUT2D eigenvalue weighted by atomic mass is 9.86. The Morgan fingerprint density at radius 3 is 2.25 bits per heavy atom. The van der Waals surface area contributed by atoms with Gasteiger partial charge in [0.25, 0.3) is 0 Å². The largest absolute Gasteiger partial charge is 0.466 e. The standard InChI is InChI=1S/C12H26O3Si/c1-7-15-10(13)8-12(2,3)9-11(14)16(4,5)6/h11,14H,7-9H2,1-6H3/t11-/m1/s1. The Morgan fingerprint density at radius 1 is 1.38 bits per heavy atom. The molecular formula is C12H26O3Si. The zero-order valence-corrected chi connectivity index (χ0v) is 12.5. The van der Waals surface area contributed by atoms with Crippen LogP contribution >= 0.6 is 0 Å². The van der Waals surface area contributed by atoms with Crippen molar-refractivity contribution >= 4 is 14.0 Å². The Bertz CT molecular complexity index is 231.